The van der Waals surface area contributed by atoms with Gasteiger partial charge >= 0.3 is 5.88 Å². The molecule has 0 aliphatic carbocycles. The molecule has 3 heterocycles. The molecule has 1 N–H and O–H groups in total. The van der Waals surface area contributed by atoms with Gasteiger partial charge in [-0.25, -0.2) is 4.98 Å². The monoisotopic (exact) mass is 425 g/mol. The van der Waals surface area contributed by atoms with Crippen LogP contribution >= 0.6 is 11.3 Å². The lowest BCUT2D eigenvalue weighted by molar-refractivity contribution is -0.402. The van der Waals surface area contributed by atoms with Gasteiger partial charge in [0.2, 0.25) is 5.13 Å². The van der Waals surface area contributed by atoms with Crippen LogP contribution in [-0.2, 0) is 5.41 Å². The summed E-state index contributed by atoms with van der Waals surface area (Å²) in [6.45, 7) is 8.26. The van der Waals surface area contributed by atoms with E-state index in [4.69, 9.17) is 4.42 Å². The Balaban J connectivity index is 1.67. The lowest BCUT2D eigenvalue weighted by Gasteiger charge is -2.18. The molecule has 0 aliphatic heterocycles. The molecule has 9 nitrogen and oxygen atoms in total. The number of rotatable bonds is 4. The zero-order valence-corrected chi connectivity index (χ0v) is 17.6. The molecule has 0 bridgehead atoms. The highest BCUT2D eigenvalue weighted by Crippen LogP contribution is 2.31. The van der Waals surface area contributed by atoms with Crippen molar-refractivity contribution >= 4 is 39.2 Å². The van der Waals surface area contributed by atoms with E-state index < -0.39 is 16.7 Å². The molecule has 30 heavy (non-hydrogen) atoms. The quantitative estimate of drug-likeness (QED) is 0.369. The lowest BCUT2D eigenvalue weighted by Crippen LogP contribution is -2.14. The molecule has 4 aromatic rings. The van der Waals surface area contributed by atoms with Gasteiger partial charge in [-0.15, -0.1) is 0 Å². The number of hydrogen-bond donors (Lipinski definition) is 1. The molecule has 0 saturated heterocycles. The number of anilines is 1. The number of thiazole rings is 1. The van der Waals surface area contributed by atoms with E-state index in [1.807, 2.05) is 6.07 Å². The van der Waals surface area contributed by atoms with Crippen LogP contribution < -0.4 is 5.32 Å². The topological polar surface area (TPSA) is 116 Å². The van der Waals surface area contributed by atoms with Crippen LogP contribution in [0.15, 0.2) is 40.8 Å². The maximum Gasteiger partial charge on any atom is 0.433 e. The number of fused-ring (bicyclic) bond motifs is 1. The average molecular weight is 425 g/mol. The third-order valence-corrected chi connectivity index (χ3v) is 5.49. The van der Waals surface area contributed by atoms with Gasteiger partial charge < -0.3 is 9.73 Å². The molecular weight excluding hydrogens is 406 g/mol. The van der Waals surface area contributed by atoms with E-state index in [0.29, 0.717) is 16.6 Å². The molecule has 10 heteroatoms. The van der Waals surface area contributed by atoms with E-state index in [0.717, 1.165) is 16.3 Å². The Labute approximate surface area is 175 Å². The van der Waals surface area contributed by atoms with Crippen molar-refractivity contribution in [3.8, 4) is 5.13 Å². The van der Waals surface area contributed by atoms with E-state index in [-0.39, 0.29) is 11.2 Å². The predicted octanol–water partition coefficient (Wildman–Crippen LogP) is 4.84. The first-order chi connectivity index (χ1) is 14.1. The van der Waals surface area contributed by atoms with Gasteiger partial charge in [0.05, 0.1) is 22.0 Å². The standard InChI is InChI=1S/C20H19N5O4S/c1-11-9-16(22-18(26)14-7-8-17(29-14)25(27)28)24(23-11)19-21-13-6-5-12(20(2,3)4)10-15(13)30-19/h5-10H,1-4H3,(H,22,26). The highest BCUT2D eigenvalue weighted by atomic mass is 32.1. The van der Waals surface area contributed by atoms with Gasteiger partial charge in [0.15, 0.2) is 5.76 Å². The van der Waals surface area contributed by atoms with Gasteiger partial charge in [-0.05, 0) is 36.1 Å². The van der Waals surface area contributed by atoms with Crippen LogP contribution in [0.3, 0.4) is 0 Å². The summed E-state index contributed by atoms with van der Waals surface area (Å²) < 4.78 is 7.54. The summed E-state index contributed by atoms with van der Waals surface area (Å²) >= 11 is 1.46. The van der Waals surface area contributed by atoms with Gasteiger partial charge in [0.25, 0.3) is 5.91 Å². The number of nitrogens with zero attached hydrogens (tertiary/aromatic N) is 4. The second-order valence-corrected chi connectivity index (χ2v) is 8.87. The number of carbonyl (C=O) groups is 1. The molecule has 1 amide bonds. The van der Waals surface area contributed by atoms with Crippen molar-refractivity contribution in [2.24, 2.45) is 0 Å². The van der Waals surface area contributed by atoms with Gasteiger partial charge in [0.1, 0.15) is 10.7 Å². The molecule has 0 spiro atoms. The number of amides is 1. The van der Waals surface area contributed by atoms with Crippen molar-refractivity contribution in [1.82, 2.24) is 14.8 Å². The van der Waals surface area contributed by atoms with Crippen LogP contribution in [0.1, 0.15) is 42.6 Å². The summed E-state index contributed by atoms with van der Waals surface area (Å²) in [7, 11) is 0. The van der Waals surface area contributed by atoms with E-state index in [9.17, 15) is 14.9 Å². The van der Waals surface area contributed by atoms with E-state index >= 15 is 0 Å². The molecule has 0 atom stereocenters. The smallest absolute Gasteiger partial charge is 0.395 e. The second-order valence-electron chi connectivity index (χ2n) is 7.86. The van der Waals surface area contributed by atoms with Crippen LogP contribution in [0.5, 0.6) is 0 Å². The minimum atomic E-state index is -0.696. The number of hydrogen-bond acceptors (Lipinski definition) is 7. The molecule has 0 unspecified atom stereocenters. The number of furan rings is 1. The summed E-state index contributed by atoms with van der Waals surface area (Å²) in [4.78, 5) is 27.2. The van der Waals surface area contributed by atoms with Crippen molar-refractivity contribution in [2.75, 3.05) is 5.32 Å². The lowest BCUT2D eigenvalue weighted by atomic mass is 9.87. The minimum absolute atomic E-state index is 0.0193. The molecular formula is C20H19N5O4S. The Morgan fingerprint density at radius 2 is 2.00 bits per heavy atom. The average Bonchev–Trinajstić information content (AvgIpc) is 3.37. The SMILES string of the molecule is Cc1cc(NC(=O)c2ccc([N+](=O)[O-])o2)n(-c2nc3ccc(C(C)(C)C)cc3s2)n1. The first kappa shape index (κ1) is 19.8. The van der Waals surface area contributed by atoms with Gasteiger partial charge in [-0.1, -0.05) is 38.2 Å². The number of benzene rings is 1. The van der Waals surface area contributed by atoms with E-state index in [1.165, 1.54) is 23.0 Å². The third kappa shape index (κ3) is 3.69. The summed E-state index contributed by atoms with van der Waals surface area (Å²) in [5.74, 6) is -0.871. The van der Waals surface area contributed by atoms with Crippen molar-refractivity contribution in [2.45, 2.75) is 33.1 Å². The van der Waals surface area contributed by atoms with Crippen molar-refractivity contribution in [3.05, 3.63) is 63.5 Å². The zero-order valence-electron chi connectivity index (χ0n) is 16.8. The Hall–Kier alpha value is -3.53. The first-order valence-corrected chi connectivity index (χ1v) is 9.97. The maximum atomic E-state index is 12.5. The Bertz CT molecular complexity index is 1280. The highest BCUT2D eigenvalue weighted by molar-refractivity contribution is 7.20. The Morgan fingerprint density at radius 1 is 1.23 bits per heavy atom. The summed E-state index contributed by atoms with van der Waals surface area (Å²) in [6.07, 6.45) is 0. The summed E-state index contributed by atoms with van der Waals surface area (Å²) in [6, 6.07) is 10.2. The molecule has 0 saturated carbocycles. The van der Waals surface area contributed by atoms with Gasteiger partial charge in [-0.2, -0.15) is 9.78 Å². The summed E-state index contributed by atoms with van der Waals surface area (Å²) in [5, 5.41) is 18.5. The fourth-order valence-corrected chi connectivity index (χ4v) is 3.90. The number of aromatic nitrogens is 3. The van der Waals surface area contributed by atoms with Gasteiger partial charge in [-0.3, -0.25) is 14.9 Å². The maximum absolute atomic E-state index is 12.5. The minimum Gasteiger partial charge on any atom is -0.395 e. The van der Waals surface area contributed by atoms with Crippen molar-refractivity contribution in [3.63, 3.8) is 0 Å². The van der Waals surface area contributed by atoms with Crippen LogP contribution in [0.4, 0.5) is 11.7 Å². The number of aryl methyl sites for hydroxylation is 1. The third-order valence-electron chi connectivity index (χ3n) is 4.49. The first-order valence-electron chi connectivity index (χ1n) is 9.15. The normalized spacial score (nSPS) is 11.7. The van der Waals surface area contributed by atoms with Crippen molar-refractivity contribution < 1.29 is 14.1 Å². The molecule has 1 aromatic carbocycles. The van der Waals surface area contributed by atoms with Crippen LogP contribution in [-0.4, -0.2) is 25.6 Å². The molecule has 154 valence electrons. The van der Waals surface area contributed by atoms with E-state index in [1.54, 1.807) is 17.7 Å². The van der Waals surface area contributed by atoms with Crippen LogP contribution in [0.25, 0.3) is 15.3 Å². The van der Waals surface area contributed by atoms with Gasteiger partial charge in [0, 0.05) is 6.07 Å². The summed E-state index contributed by atoms with van der Waals surface area (Å²) in [5.41, 5.74) is 2.75. The predicted molar refractivity (Wildman–Crippen MR) is 113 cm³/mol. The number of nitro groups is 1. The fraction of sp³-hybridized carbons (Fsp3) is 0.250. The van der Waals surface area contributed by atoms with E-state index in [2.05, 4.69) is 48.3 Å². The van der Waals surface area contributed by atoms with Crippen molar-refractivity contribution in [1.29, 1.82) is 0 Å². The molecule has 3 aromatic heterocycles. The largest absolute Gasteiger partial charge is 0.433 e. The second kappa shape index (κ2) is 7.06. The highest BCUT2D eigenvalue weighted by Gasteiger charge is 2.21. The Morgan fingerprint density at radius 3 is 2.67 bits per heavy atom. The van der Waals surface area contributed by atoms with Crippen LogP contribution in [0.2, 0.25) is 0 Å². The Kier molecular flexibility index (Phi) is 4.65. The molecule has 0 fully saturated rings. The zero-order chi connectivity index (χ0) is 21.6. The molecule has 4 rings (SSSR count). The number of carbonyl (C=O) groups excluding carboxylic acids is 1. The fourth-order valence-electron chi connectivity index (χ4n) is 2.93. The number of nitrogens with one attached hydrogen (secondary N) is 1. The molecule has 0 radical (unpaired) electrons. The van der Waals surface area contributed by atoms with Crippen LogP contribution in [0, 0.1) is 17.0 Å². The molecule has 0 aliphatic rings.